The summed E-state index contributed by atoms with van der Waals surface area (Å²) in [6, 6.07) is 6.10. The highest BCUT2D eigenvalue weighted by Crippen LogP contribution is 2.26. The molecule has 4 rings (SSSR count). The quantitative estimate of drug-likeness (QED) is 0.381. The average Bonchev–Trinajstić information content (AvgIpc) is 3.58. The van der Waals surface area contributed by atoms with E-state index in [4.69, 9.17) is 15.9 Å². The molecule has 0 N–H and O–H groups in total. The molecule has 1 aliphatic heterocycles. The molecule has 2 aromatic heterocycles. The Labute approximate surface area is 183 Å². The van der Waals surface area contributed by atoms with Crippen molar-refractivity contribution >= 4 is 27.9 Å². The Morgan fingerprint density at radius 2 is 2.00 bits per heavy atom. The lowest BCUT2D eigenvalue weighted by atomic mass is 10.2. The Morgan fingerprint density at radius 1 is 1.23 bits per heavy atom. The second-order valence-electron chi connectivity index (χ2n) is 5.71. The maximum Gasteiger partial charge on any atom is 0.184 e. The topological polar surface area (TPSA) is 49.2 Å². The Morgan fingerprint density at radius 3 is 2.67 bits per heavy atom. The van der Waals surface area contributed by atoms with Crippen LogP contribution in [0.3, 0.4) is 0 Å². The lowest BCUT2D eigenvalue weighted by Crippen LogP contribution is -1.98. The maximum absolute atomic E-state index is 5.56. The molecular weight excluding hydrogens is 394 g/mol. The van der Waals surface area contributed by atoms with E-state index in [1.807, 2.05) is 69.8 Å². The number of thiazole rings is 1. The van der Waals surface area contributed by atoms with Crippen LogP contribution in [0.4, 0.5) is 0 Å². The smallest absolute Gasteiger partial charge is 0.184 e. The van der Waals surface area contributed by atoms with Gasteiger partial charge in [0, 0.05) is 23.7 Å². The fourth-order valence-electron chi connectivity index (χ4n) is 2.80. The first-order chi connectivity index (χ1) is 14.8. The maximum atomic E-state index is 5.56. The van der Waals surface area contributed by atoms with E-state index in [-0.39, 0.29) is 6.29 Å². The molecule has 1 saturated heterocycles. The molecule has 0 aliphatic carbocycles. The molecule has 0 radical (unpaired) electrons. The summed E-state index contributed by atoms with van der Waals surface area (Å²) in [5.41, 5.74) is 3.78. The van der Waals surface area contributed by atoms with Gasteiger partial charge in [-0.2, -0.15) is 0 Å². The summed E-state index contributed by atoms with van der Waals surface area (Å²) in [4.78, 5) is 8.72. The van der Waals surface area contributed by atoms with Crippen LogP contribution in [0.5, 0.6) is 0 Å². The van der Waals surface area contributed by atoms with Crippen LogP contribution in [0.2, 0.25) is 0 Å². The van der Waals surface area contributed by atoms with Crippen molar-refractivity contribution in [1.29, 1.82) is 0 Å². The zero-order valence-electron chi connectivity index (χ0n) is 18.0. The SMILES string of the molecule is C#C/C(=C\C=C/Cn1cnc2cc(C3OCCO3)ccc21)c1nccs1.CC.CC. The summed E-state index contributed by atoms with van der Waals surface area (Å²) >= 11 is 1.53. The van der Waals surface area contributed by atoms with Crippen LogP contribution in [-0.2, 0) is 16.0 Å². The minimum Gasteiger partial charge on any atom is -0.346 e. The third kappa shape index (κ3) is 5.90. The molecule has 0 amide bonds. The molecular formula is C24H29N3O2S. The molecule has 1 aromatic carbocycles. The van der Waals surface area contributed by atoms with E-state index in [1.165, 1.54) is 11.3 Å². The molecule has 0 atom stereocenters. The van der Waals surface area contributed by atoms with E-state index in [0.29, 0.717) is 19.8 Å². The molecule has 30 heavy (non-hydrogen) atoms. The summed E-state index contributed by atoms with van der Waals surface area (Å²) in [5, 5.41) is 2.77. The van der Waals surface area contributed by atoms with E-state index < -0.39 is 0 Å². The molecule has 0 bridgehead atoms. The third-order valence-electron chi connectivity index (χ3n) is 4.06. The van der Waals surface area contributed by atoms with E-state index in [0.717, 1.165) is 27.2 Å². The van der Waals surface area contributed by atoms with Gasteiger partial charge in [0.25, 0.3) is 0 Å². The monoisotopic (exact) mass is 423 g/mol. The summed E-state index contributed by atoms with van der Waals surface area (Å²) in [7, 11) is 0. The zero-order valence-corrected chi connectivity index (χ0v) is 18.9. The molecule has 1 aliphatic rings. The first-order valence-corrected chi connectivity index (χ1v) is 11.1. The van der Waals surface area contributed by atoms with E-state index in [9.17, 15) is 0 Å². The lowest BCUT2D eigenvalue weighted by Gasteiger charge is -2.09. The normalized spacial score (nSPS) is 14.2. The fraction of sp³-hybridized carbons (Fsp3) is 0.333. The number of fused-ring (bicyclic) bond motifs is 1. The highest BCUT2D eigenvalue weighted by atomic mass is 32.1. The molecule has 158 valence electrons. The zero-order chi connectivity index (χ0) is 21.8. The van der Waals surface area contributed by atoms with Crippen molar-refractivity contribution in [3.8, 4) is 12.3 Å². The summed E-state index contributed by atoms with van der Waals surface area (Å²) in [6.07, 6.45) is 14.8. The van der Waals surface area contributed by atoms with Crippen LogP contribution in [0.15, 0.2) is 54.3 Å². The Kier molecular flexibility index (Phi) is 10.0. The lowest BCUT2D eigenvalue weighted by molar-refractivity contribution is -0.0440. The van der Waals surface area contributed by atoms with E-state index in [1.54, 1.807) is 6.20 Å². The van der Waals surface area contributed by atoms with Crippen molar-refractivity contribution in [3.05, 3.63) is 64.9 Å². The number of benzene rings is 1. The van der Waals surface area contributed by atoms with E-state index >= 15 is 0 Å². The highest BCUT2D eigenvalue weighted by Gasteiger charge is 2.18. The van der Waals surface area contributed by atoms with Gasteiger partial charge < -0.3 is 14.0 Å². The minimum atomic E-state index is -0.275. The number of imidazole rings is 1. The Balaban J connectivity index is 0.000000757. The molecule has 6 heteroatoms. The van der Waals surface area contributed by atoms with Crippen LogP contribution >= 0.6 is 11.3 Å². The number of ether oxygens (including phenoxy) is 2. The predicted octanol–water partition coefficient (Wildman–Crippen LogP) is 5.86. The van der Waals surface area contributed by atoms with Crippen LogP contribution < -0.4 is 0 Å². The molecule has 3 heterocycles. The number of hydrogen-bond donors (Lipinski definition) is 0. The van der Waals surface area contributed by atoms with Crippen LogP contribution in [-0.4, -0.2) is 27.7 Å². The molecule has 0 spiro atoms. The minimum absolute atomic E-state index is 0.275. The van der Waals surface area contributed by atoms with Crippen LogP contribution in [0.1, 0.15) is 44.6 Å². The van der Waals surface area contributed by atoms with Crippen molar-refractivity contribution < 1.29 is 9.47 Å². The summed E-state index contributed by atoms with van der Waals surface area (Å²) in [5.74, 6) is 2.68. The number of nitrogens with zero attached hydrogens (tertiary/aromatic N) is 3. The second kappa shape index (κ2) is 12.8. The Hall–Kier alpha value is -2.72. The number of rotatable bonds is 5. The average molecular weight is 424 g/mol. The van der Waals surface area contributed by atoms with Gasteiger partial charge in [0.1, 0.15) is 5.01 Å². The van der Waals surface area contributed by atoms with E-state index in [2.05, 4.69) is 26.5 Å². The number of aromatic nitrogens is 3. The number of allylic oxidation sites excluding steroid dienone is 4. The summed E-state index contributed by atoms with van der Waals surface area (Å²) in [6.45, 7) is 9.98. The molecule has 0 unspecified atom stereocenters. The van der Waals surface area contributed by atoms with Gasteiger partial charge in [-0.05, 0) is 18.2 Å². The van der Waals surface area contributed by atoms with Gasteiger partial charge in [0.2, 0.25) is 0 Å². The van der Waals surface area contributed by atoms with Gasteiger partial charge in [-0.1, -0.05) is 51.8 Å². The van der Waals surface area contributed by atoms with Crippen molar-refractivity contribution in [1.82, 2.24) is 14.5 Å². The first kappa shape index (κ1) is 23.6. The molecule has 5 nitrogen and oxygen atoms in total. The third-order valence-corrected chi connectivity index (χ3v) is 4.86. The molecule has 0 saturated carbocycles. The van der Waals surface area contributed by atoms with Gasteiger partial charge in [-0.15, -0.1) is 17.8 Å². The number of terminal acetylenes is 1. The molecule has 1 fully saturated rings. The van der Waals surface area contributed by atoms with Gasteiger partial charge >= 0.3 is 0 Å². The van der Waals surface area contributed by atoms with Crippen molar-refractivity contribution in [2.45, 2.75) is 40.5 Å². The van der Waals surface area contributed by atoms with Crippen LogP contribution in [0, 0.1) is 12.3 Å². The Bertz CT molecular complexity index is 991. The van der Waals surface area contributed by atoms with Gasteiger partial charge in [0.05, 0.1) is 36.1 Å². The second-order valence-corrected chi connectivity index (χ2v) is 6.60. The summed E-state index contributed by atoms with van der Waals surface area (Å²) < 4.78 is 13.2. The first-order valence-electron chi connectivity index (χ1n) is 10.3. The van der Waals surface area contributed by atoms with Crippen molar-refractivity contribution in [2.75, 3.05) is 13.2 Å². The molecule has 3 aromatic rings. The largest absolute Gasteiger partial charge is 0.346 e. The highest BCUT2D eigenvalue weighted by molar-refractivity contribution is 7.10. The van der Waals surface area contributed by atoms with Gasteiger partial charge in [-0.3, -0.25) is 0 Å². The number of hydrogen-bond acceptors (Lipinski definition) is 5. The standard InChI is InChI=1S/C20H17N3O2S.2C2H6/c1-2-15(19-21-8-12-26-19)5-3-4-9-23-14-22-17-13-16(6-7-18(17)23)20-24-10-11-25-20;2*1-2/h1,3-8,12-14,20H,9-11H2;2*1-2H3/b4-3-,15-5+;;. The predicted molar refractivity (Wildman–Crippen MR) is 125 cm³/mol. The van der Waals surface area contributed by atoms with Gasteiger partial charge in [0.15, 0.2) is 6.29 Å². The van der Waals surface area contributed by atoms with Crippen molar-refractivity contribution in [3.63, 3.8) is 0 Å². The fourth-order valence-corrected chi connectivity index (χ4v) is 3.43. The van der Waals surface area contributed by atoms with Crippen molar-refractivity contribution in [2.24, 2.45) is 0 Å². The van der Waals surface area contributed by atoms with Gasteiger partial charge in [-0.25, -0.2) is 9.97 Å². The van der Waals surface area contributed by atoms with Crippen LogP contribution in [0.25, 0.3) is 16.6 Å².